The van der Waals surface area contributed by atoms with E-state index >= 15 is 0 Å². The molecule has 0 radical (unpaired) electrons. The van der Waals surface area contributed by atoms with Gasteiger partial charge < -0.3 is 9.80 Å². The zero-order chi connectivity index (χ0) is 19.0. The Kier molecular flexibility index (Phi) is 4.70. The van der Waals surface area contributed by atoms with Gasteiger partial charge in [-0.3, -0.25) is 13.5 Å². The molecule has 0 aliphatic carbocycles. The first-order valence-corrected chi connectivity index (χ1v) is 9.72. The van der Waals surface area contributed by atoms with Crippen molar-refractivity contribution in [3.63, 3.8) is 0 Å². The van der Waals surface area contributed by atoms with Crippen LogP contribution in [0.25, 0.3) is 10.1 Å². The average molecular weight is 385 g/mol. The third-order valence-corrected chi connectivity index (χ3v) is 6.24. The molecule has 1 aliphatic rings. The van der Waals surface area contributed by atoms with E-state index in [1.54, 1.807) is 34.0 Å². The maximum absolute atomic E-state index is 14.0. The summed E-state index contributed by atoms with van der Waals surface area (Å²) in [5.74, 6) is -0.320. The fourth-order valence-electron chi connectivity index (χ4n) is 3.48. The van der Waals surface area contributed by atoms with Crippen molar-refractivity contribution in [3.8, 4) is 0 Å². The quantitative estimate of drug-likeness (QED) is 0.696. The highest BCUT2D eigenvalue weighted by molar-refractivity contribution is 7.14. The molecule has 0 N–H and O–H groups in total. The van der Waals surface area contributed by atoms with Crippen LogP contribution in [-0.2, 0) is 4.79 Å². The molecule has 5 nitrogen and oxygen atoms in total. The Labute approximate surface area is 160 Å². The van der Waals surface area contributed by atoms with E-state index in [2.05, 4.69) is 0 Å². The minimum Gasteiger partial charge on any atom is -0.366 e. The fraction of sp³-hybridized carbons (Fsp3) is 0.300. The Bertz CT molecular complexity index is 1040. The van der Waals surface area contributed by atoms with Gasteiger partial charge in [-0.1, -0.05) is 35.8 Å². The van der Waals surface area contributed by atoms with E-state index in [9.17, 15) is 14.0 Å². The van der Waals surface area contributed by atoms with Gasteiger partial charge in [-0.15, -0.1) is 0 Å². The van der Waals surface area contributed by atoms with Crippen LogP contribution in [0.4, 0.5) is 10.1 Å². The number of nitrogens with zero attached hydrogens (tertiary/aromatic N) is 3. The van der Waals surface area contributed by atoms with Crippen LogP contribution >= 0.6 is 11.5 Å². The second kappa shape index (κ2) is 7.15. The van der Waals surface area contributed by atoms with Gasteiger partial charge in [0, 0.05) is 26.2 Å². The molecule has 1 amide bonds. The van der Waals surface area contributed by atoms with E-state index in [0.29, 0.717) is 37.3 Å². The summed E-state index contributed by atoms with van der Waals surface area (Å²) in [7, 11) is 0. The molecule has 27 heavy (non-hydrogen) atoms. The number of carbonyl (C=O) groups excluding carboxylic acids is 1. The molecule has 0 spiro atoms. The first-order valence-electron chi connectivity index (χ1n) is 8.95. The molecular formula is C20H20FN3O2S. The Morgan fingerprint density at radius 3 is 2.41 bits per heavy atom. The number of rotatable bonds is 3. The maximum Gasteiger partial charge on any atom is 0.269 e. The van der Waals surface area contributed by atoms with Crippen LogP contribution < -0.4 is 10.5 Å². The SMILES string of the molecule is CC(C(=O)N1CCN(c2ccccc2F)CC1)n1sc2ccccc2c1=O. The zero-order valence-corrected chi connectivity index (χ0v) is 15.8. The van der Waals surface area contributed by atoms with Crippen LogP contribution in [-0.4, -0.2) is 40.9 Å². The van der Waals surface area contributed by atoms with Crippen molar-refractivity contribution in [2.24, 2.45) is 0 Å². The molecule has 1 atom stereocenters. The number of hydrogen-bond acceptors (Lipinski definition) is 4. The lowest BCUT2D eigenvalue weighted by atomic mass is 10.2. The second-order valence-corrected chi connectivity index (χ2v) is 7.67. The molecule has 0 saturated carbocycles. The van der Waals surface area contributed by atoms with Crippen molar-refractivity contribution in [3.05, 3.63) is 64.7 Å². The van der Waals surface area contributed by atoms with E-state index in [1.807, 2.05) is 29.2 Å². The Morgan fingerprint density at radius 2 is 1.70 bits per heavy atom. The predicted octanol–water partition coefficient (Wildman–Crippen LogP) is 3.11. The van der Waals surface area contributed by atoms with E-state index in [4.69, 9.17) is 0 Å². The molecular weight excluding hydrogens is 365 g/mol. The number of aromatic nitrogens is 1. The summed E-state index contributed by atoms with van der Waals surface area (Å²) in [4.78, 5) is 29.2. The number of halogens is 1. The smallest absolute Gasteiger partial charge is 0.269 e. The second-order valence-electron chi connectivity index (χ2n) is 6.66. The zero-order valence-electron chi connectivity index (χ0n) is 15.0. The van der Waals surface area contributed by atoms with Crippen molar-refractivity contribution in [1.82, 2.24) is 8.86 Å². The summed E-state index contributed by atoms with van der Waals surface area (Å²) in [6.07, 6.45) is 0. The molecule has 1 fully saturated rings. The van der Waals surface area contributed by atoms with Crippen LogP contribution in [0.2, 0.25) is 0 Å². The number of hydrogen-bond donors (Lipinski definition) is 0. The number of carbonyl (C=O) groups is 1. The minimum absolute atomic E-state index is 0.0724. The van der Waals surface area contributed by atoms with Gasteiger partial charge in [-0.2, -0.15) is 0 Å². The summed E-state index contributed by atoms with van der Waals surface area (Å²) >= 11 is 1.32. The van der Waals surface area contributed by atoms with Gasteiger partial charge in [0.25, 0.3) is 5.56 Å². The number of anilines is 1. The molecule has 7 heteroatoms. The standard InChI is InChI=1S/C20H20FN3O2S/c1-14(24-20(26)15-6-2-5-9-18(15)27-24)19(25)23-12-10-22(11-13-23)17-8-4-3-7-16(17)21/h2-9,14H,10-13H2,1H3. The summed E-state index contributed by atoms with van der Waals surface area (Å²) in [5.41, 5.74) is 0.444. The first-order chi connectivity index (χ1) is 13.1. The number of para-hydroxylation sites is 1. The van der Waals surface area contributed by atoms with Crippen molar-refractivity contribution in [2.45, 2.75) is 13.0 Å². The molecule has 2 aromatic carbocycles. The van der Waals surface area contributed by atoms with Crippen LogP contribution in [0, 0.1) is 5.82 Å². The topological polar surface area (TPSA) is 45.6 Å². The molecule has 1 unspecified atom stereocenters. The third kappa shape index (κ3) is 3.23. The van der Waals surface area contributed by atoms with E-state index in [0.717, 1.165) is 4.70 Å². The highest BCUT2D eigenvalue weighted by Crippen LogP contribution is 2.23. The fourth-order valence-corrected chi connectivity index (χ4v) is 4.52. The Balaban J connectivity index is 1.48. The van der Waals surface area contributed by atoms with Gasteiger partial charge in [-0.05, 0) is 31.2 Å². The van der Waals surface area contributed by atoms with E-state index in [1.165, 1.54) is 17.6 Å². The van der Waals surface area contributed by atoms with Crippen LogP contribution in [0.15, 0.2) is 53.3 Å². The lowest BCUT2D eigenvalue weighted by molar-refractivity contribution is -0.134. The summed E-state index contributed by atoms with van der Waals surface area (Å²) in [6, 6.07) is 13.5. The monoisotopic (exact) mass is 385 g/mol. The molecule has 140 valence electrons. The summed E-state index contributed by atoms with van der Waals surface area (Å²) < 4.78 is 16.4. The molecule has 3 aromatic rings. The normalized spacial score (nSPS) is 15.9. The van der Waals surface area contributed by atoms with Gasteiger partial charge in [0.05, 0.1) is 15.8 Å². The molecule has 1 aromatic heterocycles. The van der Waals surface area contributed by atoms with Gasteiger partial charge in [0.1, 0.15) is 11.9 Å². The first kappa shape index (κ1) is 17.7. The van der Waals surface area contributed by atoms with E-state index in [-0.39, 0.29) is 17.3 Å². The van der Waals surface area contributed by atoms with E-state index < -0.39 is 6.04 Å². The molecule has 2 heterocycles. The number of fused-ring (bicyclic) bond motifs is 1. The van der Waals surface area contributed by atoms with Crippen molar-refractivity contribution < 1.29 is 9.18 Å². The molecule has 4 rings (SSSR count). The number of amides is 1. The van der Waals surface area contributed by atoms with Crippen LogP contribution in [0.1, 0.15) is 13.0 Å². The highest BCUT2D eigenvalue weighted by Gasteiger charge is 2.28. The lowest BCUT2D eigenvalue weighted by Crippen LogP contribution is -2.50. The van der Waals surface area contributed by atoms with Crippen LogP contribution in [0.3, 0.4) is 0 Å². The molecule has 0 bridgehead atoms. The van der Waals surface area contributed by atoms with Gasteiger partial charge >= 0.3 is 0 Å². The largest absolute Gasteiger partial charge is 0.366 e. The van der Waals surface area contributed by atoms with Crippen molar-refractivity contribution in [2.75, 3.05) is 31.1 Å². The summed E-state index contributed by atoms with van der Waals surface area (Å²) in [6.45, 7) is 3.93. The predicted molar refractivity (Wildman–Crippen MR) is 106 cm³/mol. The van der Waals surface area contributed by atoms with Gasteiger partial charge in [0.2, 0.25) is 5.91 Å². The molecule has 1 saturated heterocycles. The Hall–Kier alpha value is -2.67. The van der Waals surface area contributed by atoms with Crippen molar-refractivity contribution in [1.29, 1.82) is 0 Å². The van der Waals surface area contributed by atoms with Crippen LogP contribution in [0.5, 0.6) is 0 Å². The molecule has 1 aliphatic heterocycles. The minimum atomic E-state index is -0.546. The summed E-state index contributed by atoms with van der Waals surface area (Å²) in [5, 5.41) is 0.645. The number of piperazine rings is 1. The van der Waals surface area contributed by atoms with Gasteiger partial charge in [-0.25, -0.2) is 4.39 Å². The van der Waals surface area contributed by atoms with Gasteiger partial charge in [0.15, 0.2) is 0 Å². The number of benzene rings is 2. The maximum atomic E-state index is 14.0. The van der Waals surface area contributed by atoms with Crippen molar-refractivity contribution >= 4 is 33.2 Å². The lowest BCUT2D eigenvalue weighted by Gasteiger charge is -2.37. The average Bonchev–Trinajstić information content (AvgIpc) is 3.04. The highest BCUT2D eigenvalue weighted by atomic mass is 32.1. The Morgan fingerprint density at radius 1 is 1.04 bits per heavy atom. The third-order valence-electron chi connectivity index (χ3n) is 5.01.